The summed E-state index contributed by atoms with van der Waals surface area (Å²) >= 11 is 0. The van der Waals surface area contributed by atoms with Crippen LogP contribution in [0.3, 0.4) is 0 Å². The zero-order chi connectivity index (χ0) is 11.5. The van der Waals surface area contributed by atoms with Gasteiger partial charge >= 0.3 is 0 Å². The van der Waals surface area contributed by atoms with Crippen LogP contribution in [0.4, 0.5) is 4.39 Å². The molecule has 1 aromatic carbocycles. The maximum Gasteiger partial charge on any atom is 0.127 e. The predicted molar refractivity (Wildman–Crippen MR) is 63.6 cm³/mol. The van der Waals surface area contributed by atoms with Crippen LogP contribution in [0.2, 0.25) is 0 Å². The number of benzene rings is 1. The van der Waals surface area contributed by atoms with E-state index in [2.05, 4.69) is 4.90 Å². The van der Waals surface area contributed by atoms with E-state index in [0.29, 0.717) is 19.1 Å². The quantitative estimate of drug-likeness (QED) is 0.848. The Kier molecular flexibility index (Phi) is 3.56. The van der Waals surface area contributed by atoms with Crippen molar-refractivity contribution in [3.8, 4) is 0 Å². The maximum absolute atomic E-state index is 13.6. The highest BCUT2D eigenvalue weighted by Crippen LogP contribution is 2.21. The van der Waals surface area contributed by atoms with Crippen molar-refractivity contribution < 1.29 is 4.39 Å². The summed E-state index contributed by atoms with van der Waals surface area (Å²) in [5.74, 6) is -0.103. The molecule has 2 N–H and O–H groups in total. The SMILES string of the molecule is Cc1ccc(F)c(CN2CCCC2CN)c1. The van der Waals surface area contributed by atoms with E-state index < -0.39 is 0 Å². The zero-order valence-corrected chi connectivity index (χ0v) is 9.75. The molecule has 2 rings (SSSR count). The van der Waals surface area contributed by atoms with Crippen molar-refractivity contribution >= 4 is 0 Å². The molecule has 0 spiro atoms. The minimum Gasteiger partial charge on any atom is -0.329 e. The van der Waals surface area contributed by atoms with Crippen LogP contribution < -0.4 is 5.73 Å². The molecule has 1 heterocycles. The van der Waals surface area contributed by atoms with Crippen LogP contribution in [-0.2, 0) is 6.54 Å². The molecule has 16 heavy (non-hydrogen) atoms. The minimum absolute atomic E-state index is 0.103. The Hall–Kier alpha value is -0.930. The summed E-state index contributed by atoms with van der Waals surface area (Å²) in [6.07, 6.45) is 2.32. The third-order valence-electron chi connectivity index (χ3n) is 3.35. The number of halogens is 1. The molecule has 1 aliphatic rings. The van der Waals surface area contributed by atoms with E-state index in [0.717, 1.165) is 24.1 Å². The van der Waals surface area contributed by atoms with Gasteiger partial charge in [0.25, 0.3) is 0 Å². The summed E-state index contributed by atoms with van der Waals surface area (Å²) in [6.45, 7) is 4.39. The van der Waals surface area contributed by atoms with Crippen molar-refractivity contribution in [1.29, 1.82) is 0 Å². The van der Waals surface area contributed by atoms with Crippen molar-refractivity contribution in [2.45, 2.75) is 32.4 Å². The number of hydrogen-bond donors (Lipinski definition) is 1. The van der Waals surface area contributed by atoms with E-state index in [1.807, 2.05) is 19.1 Å². The van der Waals surface area contributed by atoms with Crippen LogP contribution in [0.25, 0.3) is 0 Å². The highest BCUT2D eigenvalue weighted by atomic mass is 19.1. The molecular weight excluding hydrogens is 203 g/mol. The number of likely N-dealkylation sites (tertiary alicyclic amines) is 1. The van der Waals surface area contributed by atoms with Gasteiger partial charge in [-0.2, -0.15) is 0 Å². The van der Waals surface area contributed by atoms with E-state index in [4.69, 9.17) is 5.73 Å². The molecule has 3 heteroatoms. The summed E-state index contributed by atoms with van der Waals surface area (Å²) < 4.78 is 13.6. The van der Waals surface area contributed by atoms with Gasteiger partial charge < -0.3 is 5.73 Å². The minimum atomic E-state index is -0.103. The smallest absolute Gasteiger partial charge is 0.127 e. The molecule has 1 fully saturated rings. The zero-order valence-electron chi connectivity index (χ0n) is 9.75. The Labute approximate surface area is 96.2 Å². The Morgan fingerprint density at radius 2 is 2.31 bits per heavy atom. The molecule has 1 unspecified atom stereocenters. The summed E-state index contributed by atoms with van der Waals surface area (Å²) in [6, 6.07) is 5.72. The van der Waals surface area contributed by atoms with Crippen LogP contribution in [0.1, 0.15) is 24.0 Å². The Bertz CT molecular complexity index is 365. The van der Waals surface area contributed by atoms with Crippen molar-refractivity contribution in [3.63, 3.8) is 0 Å². The summed E-state index contributed by atoms with van der Waals surface area (Å²) in [5.41, 5.74) is 7.61. The first-order valence-electron chi connectivity index (χ1n) is 5.90. The third kappa shape index (κ3) is 2.42. The second-order valence-electron chi connectivity index (χ2n) is 4.60. The molecule has 1 saturated heterocycles. The Morgan fingerprint density at radius 1 is 1.50 bits per heavy atom. The highest BCUT2D eigenvalue weighted by Gasteiger charge is 2.23. The van der Waals surface area contributed by atoms with Gasteiger partial charge in [0.2, 0.25) is 0 Å². The first-order valence-corrected chi connectivity index (χ1v) is 5.90. The average Bonchev–Trinajstić information content (AvgIpc) is 2.71. The van der Waals surface area contributed by atoms with Crippen LogP contribution >= 0.6 is 0 Å². The summed E-state index contributed by atoms with van der Waals surface area (Å²) in [7, 11) is 0. The molecule has 0 bridgehead atoms. The van der Waals surface area contributed by atoms with Gasteiger partial charge in [0, 0.05) is 24.7 Å². The normalized spacial score (nSPS) is 21.6. The van der Waals surface area contributed by atoms with Crippen LogP contribution in [0, 0.1) is 12.7 Å². The van der Waals surface area contributed by atoms with Crippen molar-refractivity contribution in [2.75, 3.05) is 13.1 Å². The van der Waals surface area contributed by atoms with Crippen molar-refractivity contribution in [1.82, 2.24) is 4.90 Å². The van der Waals surface area contributed by atoms with Crippen molar-refractivity contribution in [3.05, 3.63) is 35.1 Å². The molecule has 0 aliphatic carbocycles. The van der Waals surface area contributed by atoms with Gasteiger partial charge in [-0.3, -0.25) is 4.90 Å². The lowest BCUT2D eigenvalue weighted by Gasteiger charge is -2.23. The van der Waals surface area contributed by atoms with Gasteiger partial charge in [-0.05, 0) is 32.4 Å². The fourth-order valence-corrected chi connectivity index (χ4v) is 2.41. The van der Waals surface area contributed by atoms with Gasteiger partial charge in [-0.1, -0.05) is 17.7 Å². The Morgan fingerprint density at radius 3 is 3.06 bits per heavy atom. The highest BCUT2D eigenvalue weighted by molar-refractivity contribution is 5.24. The molecule has 1 aromatic rings. The fourth-order valence-electron chi connectivity index (χ4n) is 2.41. The number of nitrogens with two attached hydrogens (primary N) is 1. The lowest BCUT2D eigenvalue weighted by molar-refractivity contribution is 0.247. The maximum atomic E-state index is 13.6. The molecule has 0 radical (unpaired) electrons. The molecule has 2 nitrogen and oxygen atoms in total. The lowest BCUT2D eigenvalue weighted by Crippen LogP contribution is -2.35. The molecular formula is C13H19FN2. The van der Waals surface area contributed by atoms with Gasteiger partial charge in [0.1, 0.15) is 5.82 Å². The topological polar surface area (TPSA) is 29.3 Å². The van der Waals surface area contributed by atoms with Crippen molar-refractivity contribution in [2.24, 2.45) is 5.73 Å². The monoisotopic (exact) mass is 222 g/mol. The van der Waals surface area contributed by atoms with E-state index in [1.54, 1.807) is 6.07 Å². The van der Waals surface area contributed by atoms with Gasteiger partial charge in [0.05, 0.1) is 0 Å². The first kappa shape index (κ1) is 11.6. The van der Waals surface area contributed by atoms with Crippen LogP contribution in [-0.4, -0.2) is 24.0 Å². The first-order chi connectivity index (χ1) is 7.70. The number of hydrogen-bond acceptors (Lipinski definition) is 2. The standard InChI is InChI=1S/C13H19FN2/c1-10-4-5-13(14)11(7-10)9-16-6-2-3-12(16)8-15/h4-5,7,12H,2-3,6,8-9,15H2,1H3. The number of rotatable bonds is 3. The molecule has 1 aliphatic heterocycles. The van der Waals surface area contributed by atoms with E-state index in [1.165, 1.54) is 6.42 Å². The van der Waals surface area contributed by atoms with Crippen LogP contribution in [0.15, 0.2) is 18.2 Å². The Balaban J connectivity index is 2.11. The fraction of sp³-hybridized carbons (Fsp3) is 0.538. The number of nitrogens with zero attached hydrogens (tertiary/aromatic N) is 1. The van der Waals surface area contributed by atoms with Gasteiger partial charge in [0.15, 0.2) is 0 Å². The predicted octanol–water partition coefficient (Wildman–Crippen LogP) is 2.06. The van der Waals surface area contributed by atoms with E-state index >= 15 is 0 Å². The second-order valence-corrected chi connectivity index (χ2v) is 4.60. The van der Waals surface area contributed by atoms with Gasteiger partial charge in [-0.15, -0.1) is 0 Å². The summed E-state index contributed by atoms with van der Waals surface area (Å²) in [4.78, 5) is 2.29. The summed E-state index contributed by atoms with van der Waals surface area (Å²) in [5, 5.41) is 0. The molecule has 1 atom stereocenters. The second kappa shape index (κ2) is 4.93. The molecule has 0 amide bonds. The molecule has 0 aromatic heterocycles. The largest absolute Gasteiger partial charge is 0.329 e. The average molecular weight is 222 g/mol. The third-order valence-corrected chi connectivity index (χ3v) is 3.35. The molecule has 88 valence electrons. The van der Waals surface area contributed by atoms with E-state index in [-0.39, 0.29) is 5.82 Å². The van der Waals surface area contributed by atoms with Gasteiger partial charge in [-0.25, -0.2) is 4.39 Å². The van der Waals surface area contributed by atoms with E-state index in [9.17, 15) is 4.39 Å². The molecule has 0 saturated carbocycles. The number of aryl methyl sites for hydroxylation is 1. The van der Waals surface area contributed by atoms with Crippen LogP contribution in [0.5, 0.6) is 0 Å². The lowest BCUT2D eigenvalue weighted by atomic mass is 10.1.